The first-order valence-corrected chi connectivity index (χ1v) is 8.01. The van der Waals surface area contributed by atoms with Crippen molar-refractivity contribution in [1.82, 2.24) is 9.97 Å². The molecular weight excluding hydrogens is 284 g/mol. The number of rotatable bonds is 2. The van der Waals surface area contributed by atoms with E-state index >= 15 is 0 Å². The molecule has 0 fully saturated rings. The molecule has 0 N–H and O–H groups in total. The highest BCUT2D eigenvalue weighted by Gasteiger charge is 2.11. The molecule has 4 heterocycles. The van der Waals surface area contributed by atoms with Gasteiger partial charge in [0.1, 0.15) is 5.69 Å². The number of aromatic nitrogens is 2. The van der Waals surface area contributed by atoms with Gasteiger partial charge in [0.25, 0.3) is 0 Å². The van der Waals surface area contributed by atoms with Gasteiger partial charge in [0.2, 0.25) is 0 Å². The Bertz CT molecular complexity index is 849. The van der Waals surface area contributed by atoms with Crippen LogP contribution in [0.25, 0.3) is 32.0 Å². The normalized spacial score (nSPS) is 11.0. The highest BCUT2D eigenvalue weighted by molar-refractivity contribution is 7.17. The van der Waals surface area contributed by atoms with Crippen molar-refractivity contribution < 1.29 is 0 Å². The van der Waals surface area contributed by atoms with Crippen LogP contribution in [0, 0.1) is 0 Å². The van der Waals surface area contributed by atoms with E-state index in [-0.39, 0.29) is 0 Å². The molecule has 96 valence electrons. The molecule has 4 aromatic heterocycles. The van der Waals surface area contributed by atoms with Gasteiger partial charge >= 0.3 is 0 Å². The SMILES string of the molecule is c1ccc(-c2nc(-c3cccs3)cc3ccsc23)nc1. The minimum Gasteiger partial charge on any atom is -0.255 e. The third-order valence-electron chi connectivity index (χ3n) is 3.12. The van der Waals surface area contributed by atoms with Crippen LogP contribution >= 0.6 is 22.7 Å². The molecule has 0 aliphatic heterocycles. The van der Waals surface area contributed by atoms with Crippen LogP contribution in [0.5, 0.6) is 0 Å². The fourth-order valence-electron chi connectivity index (χ4n) is 2.20. The molecule has 0 unspecified atom stereocenters. The van der Waals surface area contributed by atoms with Crippen molar-refractivity contribution in [2.24, 2.45) is 0 Å². The Balaban J connectivity index is 2.01. The maximum atomic E-state index is 4.84. The molecule has 0 bridgehead atoms. The molecule has 20 heavy (non-hydrogen) atoms. The van der Waals surface area contributed by atoms with Crippen molar-refractivity contribution in [1.29, 1.82) is 0 Å². The average molecular weight is 294 g/mol. The zero-order valence-corrected chi connectivity index (χ0v) is 12.1. The van der Waals surface area contributed by atoms with E-state index in [0.717, 1.165) is 17.1 Å². The standard InChI is InChI=1S/C16H10N2S2/c1-2-7-17-12(4-1)15-16-11(6-9-20-16)10-13(18-15)14-5-3-8-19-14/h1-10H. The number of nitrogens with zero attached hydrogens (tertiary/aromatic N) is 2. The van der Waals surface area contributed by atoms with Gasteiger partial charge in [-0.3, -0.25) is 4.98 Å². The lowest BCUT2D eigenvalue weighted by Gasteiger charge is -2.05. The summed E-state index contributed by atoms with van der Waals surface area (Å²) in [5, 5.41) is 5.42. The van der Waals surface area contributed by atoms with Crippen LogP contribution in [-0.4, -0.2) is 9.97 Å². The van der Waals surface area contributed by atoms with Crippen molar-refractivity contribution in [2.45, 2.75) is 0 Å². The van der Waals surface area contributed by atoms with Gasteiger partial charge in [0.05, 0.1) is 21.0 Å². The third kappa shape index (κ3) is 1.94. The van der Waals surface area contributed by atoms with Crippen LogP contribution in [0.2, 0.25) is 0 Å². The van der Waals surface area contributed by atoms with Crippen LogP contribution in [0.4, 0.5) is 0 Å². The first-order valence-electron chi connectivity index (χ1n) is 6.25. The van der Waals surface area contributed by atoms with Gasteiger partial charge in [0, 0.05) is 6.20 Å². The van der Waals surface area contributed by atoms with Crippen LogP contribution in [0.3, 0.4) is 0 Å². The summed E-state index contributed by atoms with van der Waals surface area (Å²) in [6.45, 7) is 0. The van der Waals surface area contributed by atoms with Crippen LogP contribution in [0.15, 0.2) is 59.4 Å². The predicted octanol–water partition coefficient (Wildman–Crippen LogP) is 5.09. The zero-order valence-electron chi connectivity index (χ0n) is 10.5. The van der Waals surface area contributed by atoms with Gasteiger partial charge in [-0.1, -0.05) is 12.1 Å². The highest BCUT2D eigenvalue weighted by Crippen LogP contribution is 2.34. The number of fused-ring (bicyclic) bond motifs is 1. The second kappa shape index (κ2) is 4.81. The quantitative estimate of drug-likeness (QED) is 0.515. The maximum Gasteiger partial charge on any atom is 0.107 e. The summed E-state index contributed by atoms with van der Waals surface area (Å²) >= 11 is 3.43. The van der Waals surface area contributed by atoms with Crippen LogP contribution in [-0.2, 0) is 0 Å². The minimum absolute atomic E-state index is 0.929. The molecule has 0 radical (unpaired) electrons. The Morgan fingerprint density at radius 2 is 1.85 bits per heavy atom. The van der Waals surface area contributed by atoms with Crippen molar-refractivity contribution in [2.75, 3.05) is 0 Å². The lowest BCUT2D eigenvalue weighted by molar-refractivity contribution is 1.27. The second-order valence-corrected chi connectivity index (χ2v) is 6.25. The average Bonchev–Trinajstić information content (AvgIpc) is 3.18. The Morgan fingerprint density at radius 1 is 0.850 bits per heavy atom. The molecule has 2 nitrogen and oxygen atoms in total. The van der Waals surface area contributed by atoms with Gasteiger partial charge in [-0.05, 0) is 46.5 Å². The van der Waals surface area contributed by atoms with E-state index in [2.05, 4.69) is 40.0 Å². The summed E-state index contributed by atoms with van der Waals surface area (Å²) in [6.07, 6.45) is 1.81. The van der Waals surface area contributed by atoms with E-state index in [1.807, 2.05) is 24.4 Å². The van der Waals surface area contributed by atoms with Gasteiger partial charge in [-0.25, -0.2) is 4.98 Å². The maximum absolute atomic E-state index is 4.84. The Kier molecular flexibility index (Phi) is 2.83. The minimum atomic E-state index is 0.929. The summed E-state index contributed by atoms with van der Waals surface area (Å²) in [5.74, 6) is 0. The van der Waals surface area contributed by atoms with Gasteiger partial charge in [-0.2, -0.15) is 0 Å². The van der Waals surface area contributed by atoms with E-state index in [4.69, 9.17) is 4.98 Å². The van der Waals surface area contributed by atoms with Crippen LogP contribution in [0.1, 0.15) is 0 Å². The number of hydrogen-bond acceptors (Lipinski definition) is 4. The Hall–Kier alpha value is -2.04. The molecule has 4 heteroatoms. The van der Waals surface area contributed by atoms with Crippen molar-refractivity contribution in [3.63, 3.8) is 0 Å². The summed E-state index contributed by atoms with van der Waals surface area (Å²) in [7, 11) is 0. The van der Waals surface area contributed by atoms with E-state index in [1.165, 1.54) is 15.0 Å². The van der Waals surface area contributed by atoms with Gasteiger partial charge in [0.15, 0.2) is 0 Å². The molecule has 0 saturated carbocycles. The van der Waals surface area contributed by atoms with Crippen molar-refractivity contribution >= 4 is 32.8 Å². The van der Waals surface area contributed by atoms with Crippen molar-refractivity contribution in [3.05, 3.63) is 59.4 Å². The van der Waals surface area contributed by atoms with E-state index in [9.17, 15) is 0 Å². The third-order valence-corrected chi connectivity index (χ3v) is 4.95. The topological polar surface area (TPSA) is 25.8 Å². The van der Waals surface area contributed by atoms with Crippen LogP contribution < -0.4 is 0 Å². The lowest BCUT2D eigenvalue weighted by Crippen LogP contribution is -1.89. The largest absolute Gasteiger partial charge is 0.255 e. The fraction of sp³-hybridized carbons (Fsp3) is 0. The Labute approximate surface area is 124 Å². The first-order chi connectivity index (χ1) is 9.92. The Morgan fingerprint density at radius 3 is 2.65 bits per heavy atom. The molecule has 0 spiro atoms. The molecule has 0 aliphatic carbocycles. The number of pyridine rings is 2. The first kappa shape index (κ1) is 11.8. The van der Waals surface area contributed by atoms with E-state index < -0.39 is 0 Å². The zero-order chi connectivity index (χ0) is 13.4. The molecule has 0 saturated heterocycles. The highest BCUT2D eigenvalue weighted by atomic mass is 32.1. The molecule has 4 aromatic rings. The monoisotopic (exact) mass is 294 g/mol. The number of hydrogen-bond donors (Lipinski definition) is 0. The summed E-state index contributed by atoms with van der Waals surface area (Å²) in [5.41, 5.74) is 2.92. The molecular formula is C16H10N2S2. The molecule has 0 atom stereocenters. The summed E-state index contributed by atoms with van der Waals surface area (Å²) in [4.78, 5) is 10.5. The van der Waals surface area contributed by atoms with Gasteiger partial charge < -0.3 is 0 Å². The fourth-order valence-corrected chi connectivity index (χ4v) is 3.76. The van der Waals surface area contributed by atoms with Gasteiger partial charge in [-0.15, -0.1) is 22.7 Å². The lowest BCUT2D eigenvalue weighted by atomic mass is 10.1. The molecule has 0 aliphatic rings. The molecule has 4 rings (SSSR count). The number of thiophene rings is 2. The van der Waals surface area contributed by atoms with Crippen molar-refractivity contribution in [3.8, 4) is 22.0 Å². The smallest absolute Gasteiger partial charge is 0.107 e. The van der Waals surface area contributed by atoms with E-state index in [1.54, 1.807) is 22.7 Å². The predicted molar refractivity (Wildman–Crippen MR) is 86.2 cm³/mol. The molecule has 0 amide bonds. The molecule has 0 aromatic carbocycles. The summed E-state index contributed by atoms with van der Waals surface area (Å²) in [6, 6.07) is 14.4. The summed E-state index contributed by atoms with van der Waals surface area (Å²) < 4.78 is 1.20. The van der Waals surface area contributed by atoms with E-state index in [0.29, 0.717) is 0 Å². The second-order valence-electron chi connectivity index (χ2n) is 4.39.